The van der Waals surface area contributed by atoms with E-state index in [0.29, 0.717) is 6.61 Å². The number of carbonyl (C=O) groups excluding carboxylic acids is 1. The molecule has 1 saturated heterocycles. The molecule has 0 aromatic heterocycles. The first-order valence-corrected chi connectivity index (χ1v) is 8.35. The Kier molecular flexibility index (Phi) is 6.40. The standard InChI is InChI=1S/C16H23NO2S/c1-2-19-16(18)14-7-6-10-17(13-14)11-12-20-15-8-4-3-5-9-15/h3-5,8-9,14H,2,6-7,10-13H2,1H3/t14-/m0/s1. The normalized spacial score (nSPS) is 19.8. The van der Waals surface area contributed by atoms with Crippen LogP contribution in [0.5, 0.6) is 0 Å². The van der Waals surface area contributed by atoms with Crippen LogP contribution in [0.25, 0.3) is 0 Å². The van der Waals surface area contributed by atoms with E-state index in [9.17, 15) is 4.79 Å². The van der Waals surface area contributed by atoms with Crippen molar-refractivity contribution in [1.29, 1.82) is 0 Å². The lowest BCUT2D eigenvalue weighted by Gasteiger charge is -2.31. The van der Waals surface area contributed by atoms with Gasteiger partial charge in [0.15, 0.2) is 0 Å². The molecule has 0 bridgehead atoms. The second kappa shape index (κ2) is 8.32. The van der Waals surface area contributed by atoms with Crippen LogP contribution in [0, 0.1) is 5.92 Å². The fraction of sp³-hybridized carbons (Fsp3) is 0.562. The predicted octanol–water partition coefficient (Wildman–Crippen LogP) is 3.05. The SMILES string of the molecule is CCOC(=O)[C@H]1CCCN(CCSc2ccccc2)C1. The van der Waals surface area contributed by atoms with Gasteiger partial charge in [0.25, 0.3) is 0 Å². The minimum Gasteiger partial charge on any atom is -0.466 e. The van der Waals surface area contributed by atoms with Crippen molar-refractivity contribution in [3.05, 3.63) is 30.3 Å². The number of ether oxygens (including phenoxy) is 1. The first-order chi connectivity index (χ1) is 9.79. The van der Waals surface area contributed by atoms with Gasteiger partial charge in [0, 0.05) is 23.7 Å². The third-order valence-corrected chi connectivity index (χ3v) is 4.54. The number of rotatable bonds is 6. The Morgan fingerprint density at radius 2 is 2.20 bits per heavy atom. The summed E-state index contributed by atoms with van der Waals surface area (Å²) in [6.07, 6.45) is 2.07. The van der Waals surface area contributed by atoms with E-state index in [1.165, 1.54) is 4.90 Å². The molecular formula is C16H23NO2S. The highest BCUT2D eigenvalue weighted by Crippen LogP contribution is 2.20. The Bertz CT molecular complexity index is 410. The van der Waals surface area contributed by atoms with Crippen LogP contribution < -0.4 is 0 Å². The molecule has 20 heavy (non-hydrogen) atoms. The number of hydrogen-bond acceptors (Lipinski definition) is 4. The number of hydrogen-bond donors (Lipinski definition) is 0. The lowest BCUT2D eigenvalue weighted by Crippen LogP contribution is -2.40. The molecule has 0 aliphatic carbocycles. The van der Waals surface area contributed by atoms with Crippen molar-refractivity contribution in [1.82, 2.24) is 4.90 Å². The highest BCUT2D eigenvalue weighted by Gasteiger charge is 2.26. The van der Waals surface area contributed by atoms with E-state index in [2.05, 4.69) is 29.2 Å². The molecule has 2 rings (SSSR count). The van der Waals surface area contributed by atoms with Crippen molar-refractivity contribution in [3.63, 3.8) is 0 Å². The minimum atomic E-state index is -0.0205. The van der Waals surface area contributed by atoms with Crippen LogP contribution >= 0.6 is 11.8 Å². The van der Waals surface area contributed by atoms with E-state index < -0.39 is 0 Å². The van der Waals surface area contributed by atoms with Gasteiger partial charge in [0.2, 0.25) is 0 Å². The molecule has 0 unspecified atom stereocenters. The summed E-state index contributed by atoms with van der Waals surface area (Å²) in [7, 11) is 0. The Labute approximate surface area is 125 Å². The largest absolute Gasteiger partial charge is 0.466 e. The zero-order chi connectivity index (χ0) is 14.2. The molecule has 0 saturated carbocycles. The highest BCUT2D eigenvalue weighted by molar-refractivity contribution is 7.99. The zero-order valence-electron chi connectivity index (χ0n) is 12.1. The quantitative estimate of drug-likeness (QED) is 0.595. The summed E-state index contributed by atoms with van der Waals surface area (Å²) in [5, 5.41) is 0. The third-order valence-electron chi connectivity index (χ3n) is 3.54. The van der Waals surface area contributed by atoms with Gasteiger partial charge >= 0.3 is 5.97 Å². The fourth-order valence-electron chi connectivity index (χ4n) is 2.52. The van der Waals surface area contributed by atoms with E-state index in [-0.39, 0.29) is 11.9 Å². The average molecular weight is 293 g/mol. The first kappa shape index (κ1) is 15.4. The van der Waals surface area contributed by atoms with Crippen molar-refractivity contribution >= 4 is 17.7 Å². The summed E-state index contributed by atoms with van der Waals surface area (Å²) < 4.78 is 5.13. The summed E-state index contributed by atoms with van der Waals surface area (Å²) in [5.41, 5.74) is 0. The molecule has 1 aliphatic heterocycles. The molecule has 1 aliphatic rings. The van der Waals surface area contributed by atoms with Gasteiger partial charge in [-0.05, 0) is 38.4 Å². The van der Waals surface area contributed by atoms with Crippen molar-refractivity contribution in [3.8, 4) is 0 Å². The smallest absolute Gasteiger partial charge is 0.310 e. The molecular weight excluding hydrogens is 270 g/mol. The molecule has 1 aromatic rings. The summed E-state index contributed by atoms with van der Waals surface area (Å²) in [4.78, 5) is 15.5. The number of thioether (sulfide) groups is 1. The van der Waals surface area contributed by atoms with Gasteiger partial charge in [0.05, 0.1) is 12.5 Å². The molecule has 4 heteroatoms. The van der Waals surface area contributed by atoms with Crippen molar-refractivity contribution in [2.24, 2.45) is 5.92 Å². The van der Waals surface area contributed by atoms with Crippen LogP contribution in [0.3, 0.4) is 0 Å². The maximum Gasteiger partial charge on any atom is 0.310 e. The maximum absolute atomic E-state index is 11.8. The van der Waals surface area contributed by atoms with E-state index in [4.69, 9.17) is 4.74 Å². The Hall–Kier alpha value is -1.00. The fourth-order valence-corrected chi connectivity index (χ4v) is 3.46. The number of esters is 1. The Balaban J connectivity index is 1.71. The summed E-state index contributed by atoms with van der Waals surface area (Å²) in [6.45, 7) is 5.35. The molecule has 0 spiro atoms. The topological polar surface area (TPSA) is 29.5 Å². The van der Waals surface area contributed by atoms with Gasteiger partial charge in [-0.25, -0.2) is 0 Å². The molecule has 3 nitrogen and oxygen atoms in total. The summed E-state index contributed by atoms with van der Waals surface area (Å²) >= 11 is 1.88. The lowest BCUT2D eigenvalue weighted by atomic mass is 9.98. The van der Waals surface area contributed by atoms with Gasteiger partial charge in [0.1, 0.15) is 0 Å². The van der Waals surface area contributed by atoms with Crippen LogP contribution in [0.4, 0.5) is 0 Å². The molecule has 1 fully saturated rings. The highest BCUT2D eigenvalue weighted by atomic mass is 32.2. The third kappa shape index (κ3) is 4.84. The molecule has 110 valence electrons. The predicted molar refractivity (Wildman–Crippen MR) is 83.0 cm³/mol. The number of carbonyl (C=O) groups is 1. The molecule has 1 heterocycles. The van der Waals surface area contributed by atoms with Crippen LogP contribution in [0.15, 0.2) is 35.2 Å². The van der Waals surface area contributed by atoms with Crippen molar-refractivity contribution < 1.29 is 9.53 Å². The molecule has 0 amide bonds. The Morgan fingerprint density at radius 3 is 2.95 bits per heavy atom. The van der Waals surface area contributed by atoms with Crippen LogP contribution in [0.1, 0.15) is 19.8 Å². The molecule has 1 aromatic carbocycles. The maximum atomic E-state index is 11.8. The number of likely N-dealkylation sites (tertiary alicyclic amines) is 1. The number of piperidine rings is 1. The van der Waals surface area contributed by atoms with E-state index in [0.717, 1.165) is 38.2 Å². The summed E-state index contributed by atoms with van der Waals surface area (Å²) in [6, 6.07) is 10.5. The van der Waals surface area contributed by atoms with Gasteiger partial charge in [-0.1, -0.05) is 18.2 Å². The zero-order valence-corrected chi connectivity index (χ0v) is 12.9. The Morgan fingerprint density at radius 1 is 1.40 bits per heavy atom. The molecule has 0 radical (unpaired) electrons. The van der Waals surface area contributed by atoms with Crippen LogP contribution in [-0.4, -0.2) is 42.9 Å². The second-order valence-electron chi connectivity index (χ2n) is 5.05. The van der Waals surface area contributed by atoms with Gasteiger partial charge in [-0.2, -0.15) is 0 Å². The summed E-state index contributed by atoms with van der Waals surface area (Å²) in [5.74, 6) is 1.12. The number of nitrogens with zero attached hydrogens (tertiary/aromatic N) is 1. The number of benzene rings is 1. The monoisotopic (exact) mass is 293 g/mol. The van der Waals surface area contributed by atoms with Gasteiger partial charge < -0.3 is 9.64 Å². The van der Waals surface area contributed by atoms with Crippen LogP contribution in [-0.2, 0) is 9.53 Å². The van der Waals surface area contributed by atoms with Crippen molar-refractivity contribution in [2.75, 3.05) is 32.0 Å². The molecule has 0 N–H and O–H groups in total. The van der Waals surface area contributed by atoms with Gasteiger partial charge in [-0.15, -0.1) is 11.8 Å². The van der Waals surface area contributed by atoms with Gasteiger partial charge in [-0.3, -0.25) is 4.79 Å². The van der Waals surface area contributed by atoms with Crippen molar-refractivity contribution in [2.45, 2.75) is 24.7 Å². The molecule has 1 atom stereocenters. The minimum absolute atomic E-state index is 0.0205. The second-order valence-corrected chi connectivity index (χ2v) is 6.22. The van der Waals surface area contributed by atoms with E-state index >= 15 is 0 Å². The average Bonchev–Trinajstić information content (AvgIpc) is 2.49. The van der Waals surface area contributed by atoms with E-state index in [1.54, 1.807) is 0 Å². The van der Waals surface area contributed by atoms with Crippen LogP contribution in [0.2, 0.25) is 0 Å². The first-order valence-electron chi connectivity index (χ1n) is 7.36. The van der Waals surface area contributed by atoms with E-state index in [1.807, 2.05) is 24.8 Å². The lowest BCUT2D eigenvalue weighted by molar-refractivity contribution is -0.149.